The molecular formula is C26H26N4O2S. The normalized spacial score (nSPS) is 11.7. The van der Waals surface area contributed by atoms with Crippen molar-refractivity contribution in [3.63, 3.8) is 0 Å². The summed E-state index contributed by atoms with van der Waals surface area (Å²) in [6.07, 6.45) is 0.689. The van der Waals surface area contributed by atoms with Gasteiger partial charge in [0, 0.05) is 24.7 Å². The molecule has 4 aromatic rings. The highest BCUT2D eigenvalue weighted by atomic mass is 32.2. The zero-order chi connectivity index (χ0) is 23.0. The molecule has 168 valence electrons. The molecule has 1 heterocycles. The maximum Gasteiger partial charge on any atom is 0.242 e. The number of nitrogens with zero attached hydrogens (tertiary/aromatic N) is 3. The van der Waals surface area contributed by atoms with Gasteiger partial charge in [0.05, 0.1) is 7.11 Å². The Morgan fingerprint density at radius 2 is 1.73 bits per heavy atom. The summed E-state index contributed by atoms with van der Waals surface area (Å²) in [5.74, 6) is 1.44. The standard InChI is InChI=1S/C26H26N4O2S/c1-3-30-23(17-19-11-6-4-7-12-19)28-29-26(30)33-24(20-13-8-5-9-14-20)25(31)27-21-15-10-16-22(18-21)32-2/h4-16,18,24H,3,17H2,1-2H3,(H,27,31). The first-order valence-electron chi connectivity index (χ1n) is 10.8. The summed E-state index contributed by atoms with van der Waals surface area (Å²) >= 11 is 1.41. The van der Waals surface area contributed by atoms with Gasteiger partial charge in [-0.2, -0.15) is 0 Å². The van der Waals surface area contributed by atoms with Crippen LogP contribution in [0.15, 0.2) is 90.1 Å². The summed E-state index contributed by atoms with van der Waals surface area (Å²) in [6, 6.07) is 27.3. The van der Waals surface area contributed by atoms with E-state index in [2.05, 4.69) is 39.1 Å². The van der Waals surface area contributed by atoms with Crippen LogP contribution in [-0.2, 0) is 17.8 Å². The van der Waals surface area contributed by atoms with Crippen molar-refractivity contribution >= 4 is 23.4 Å². The molecule has 0 radical (unpaired) electrons. The Kier molecular flexibility index (Phi) is 7.42. The van der Waals surface area contributed by atoms with E-state index in [0.29, 0.717) is 17.9 Å². The quantitative estimate of drug-likeness (QED) is 0.342. The fourth-order valence-electron chi connectivity index (χ4n) is 3.55. The second-order valence-corrected chi connectivity index (χ2v) is 8.51. The van der Waals surface area contributed by atoms with Gasteiger partial charge in [0.2, 0.25) is 5.91 Å². The lowest BCUT2D eigenvalue weighted by molar-refractivity contribution is -0.115. The number of methoxy groups -OCH3 is 1. The van der Waals surface area contributed by atoms with Gasteiger partial charge in [0.1, 0.15) is 16.8 Å². The number of hydrogen-bond acceptors (Lipinski definition) is 5. The number of aromatic nitrogens is 3. The molecule has 1 aromatic heterocycles. The Labute approximate surface area is 198 Å². The third kappa shape index (κ3) is 5.62. The third-order valence-electron chi connectivity index (χ3n) is 5.22. The average Bonchev–Trinajstić information content (AvgIpc) is 3.24. The zero-order valence-corrected chi connectivity index (χ0v) is 19.5. The summed E-state index contributed by atoms with van der Waals surface area (Å²) in [5, 5.41) is 12.1. The van der Waals surface area contributed by atoms with Crippen molar-refractivity contribution in [2.75, 3.05) is 12.4 Å². The van der Waals surface area contributed by atoms with Crippen molar-refractivity contribution in [2.24, 2.45) is 0 Å². The molecule has 1 N–H and O–H groups in total. The SMILES string of the molecule is CCn1c(Cc2ccccc2)nnc1SC(C(=O)Nc1cccc(OC)c1)c1ccccc1. The molecule has 0 fully saturated rings. The van der Waals surface area contributed by atoms with Crippen molar-refractivity contribution in [3.8, 4) is 5.75 Å². The maximum absolute atomic E-state index is 13.4. The lowest BCUT2D eigenvalue weighted by Crippen LogP contribution is -2.19. The fourth-order valence-corrected chi connectivity index (χ4v) is 4.67. The Balaban J connectivity index is 1.60. The monoisotopic (exact) mass is 458 g/mol. The highest BCUT2D eigenvalue weighted by Crippen LogP contribution is 2.36. The van der Waals surface area contributed by atoms with Crippen LogP contribution in [0.25, 0.3) is 0 Å². The van der Waals surface area contributed by atoms with Crippen LogP contribution in [-0.4, -0.2) is 27.8 Å². The Morgan fingerprint density at radius 1 is 1.00 bits per heavy atom. The van der Waals surface area contributed by atoms with Gasteiger partial charge in [0.15, 0.2) is 5.16 Å². The highest BCUT2D eigenvalue weighted by Gasteiger charge is 2.25. The van der Waals surface area contributed by atoms with E-state index < -0.39 is 5.25 Å². The molecule has 4 rings (SSSR count). The zero-order valence-electron chi connectivity index (χ0n) is 18.6. The van der Waals surface area contributed by atoms with Gasteiger partial charge >= 0.3 is 0 Å². The number of benzene rings is 3. The predicted molar refractivity (Wildman–Crippen MR) is 132 cm³/mol. The molecule has 0 bridgehead atoms. The van der Waals surface area contributed by atoms with E-state index >= 15 is 0 Å². The van der Waals surface area contributed by atoms with Gasteiger partial charge in [-0.25, -0.2) is 0 Å². The van der Waals surface area contributed by atoms with E-state index in [1.807, 2.05) is 66.7 Å². The summed E-state index contributed by atoms with van der Waals surface area (Å²) in [6.45, 7) is 2.78. The van der Waals surface area contributed by atoms with Crippen LogP contribution < -0.4 is 10.1 Å². The maximum atomic E-state index is 13.4. The second-order valence-electron chi connectivity index (χ2n) is 7.44. The first kappa shape index (κ1) is 22.6. The minimum atomic E-state index is -0.489. The predicted octanol–water partition coefficient (Wildman–Crippen LogP) is 5.37. The molecular weight excluding hydrogens is 432 g/mol. The van der Waals surface area contributed by atoms with E-state index in [1.54, 1.807) is 13.2 Å². The molecule has 0 saturated carbocycles. The number of carbonyl (C=O) groups is 1. The fraction of sp³-hybridized carbons (Fsp3) is 0.192. The van der Waals surface area contributed by atoms with Crippen LogP contribution in [0, 0.1) is 0 Å². The van der Waals surface area contributed by atoms with Gasteiger partial charge in [-0.15, -0.1) is 10.2 Å². The van der Waals surface area contributed by atoms with Crippen molar-refractivity contribution in [2.45, 2.75) is 30.3 Å². The number of anilines is 1. The first-order chi connectivity index (χ1) is 16.2. The second kappa shape index (κ2) is 10.8. The topological polar surface area (TPSA) is 69.0 Å². The van der Waals surface area contributed by atoms with Gasteiger partial charge in [-0.05, 0) is 30.2 Å². The van der Waals surface area contributed by atoms with Crippen molar-refractivity contribution in [3.05, 3.63) is 102 Å². The van der Waals surface area contributed by atoms with Crippen LogP contribution in [0.2, 0.25) is 0 Å². The van der Waals surface area contributed by atoms with Gasteiger partial charge < -0.3 is 14.6 Å². The van der Waals surface area contributed by atoms with Crippen LogP contribution in [0.4, 0.5) is 5.69 Å². The van der Waals surface area contributed by atoms with Crippen LogP contribution in [0.5, 0.6) is 5.75 Å². The lowest BCUT2D eigenvalue weighted by atomic mass is 10.1. The van der Waals surface area contributed by atoms with Crippen molar-refractivity contribution in [1.29, 1.82) is 0 Å². The Bertz CT molecular complexity index is 1200. The van der Waals surface area contributed by atoms with Crippen LogP contribution in [0.1, 0.15) is 29.1 Å². The summed E-state index contributed by atoms with van der Waals surface area (Å²) in [5.41, 5.74) is 2.76. The molecule has 1 atom stereocenters. The van der Waals surface area contributed by atoms with Crippen LogP contribution >= 0.6 is 11.8 Å². The first-order valence-corrected chi connectivity index (χ1v) is 11.7. The van der Waals surface area contributed by atoms with E-state index in [1.165, 1.54) is 17.3 Å². The van der Waals surface area contributed by atoms with Crippen molar-refractivity contribution < 1.29 is 9.53 Å². The molecule has 0 aliphatic rings. The number of carbonyl (C=O) groups excluding carboxylic acids is 1. The van der Waals surface area contributed by atoms with Gasteiger partial charge in [-0.1, -0.05) is 78.5 Å². The molecule has 0 saturated heterocycles. The number of ether oxygens (including phenoxy) is 1. The average molecular weight is 459 g/mol. The number of rotatable bonds is 9. The number of amides is 1. The van der Waals surface area contributed by atoms with E-state index in [4.69, 9.17) is 4.74 Å². The number of nitrogens with one attached hydrogen (secondary N) is 1. The molecule has 33 heavy (non-hydrogen) atoms. The van der Waals surface area contributed by atoms with Crippen molar-refractivity contribution in [1.82, 2.24) is 14.8 Å². The lowest BCUT2D eigenvalue weighted by Gasteiger charge is -2.17. The van der Waals surface area contributed by atoms with E-state index in [9.17, 15) is 4.79 Å². The molecule has 1 amide bonds. The van der Waals surface area contributed by atoms with Gasteiger partial charge in [0.25, 0.3) is 0 Å². The minimum absolute atomic E-state index is 0.130. The summed E-state index contributed by atoms with van der Waals surface area (Å²) < 4.78 is 7.36. The highest BCUT2D eigenvalue weighted by molar-refractivity contribution is 8.00. The number of thioether (sulfide) groups is 1. The number of hydrogen-bond donors (Lipinski definition) is 1. The molecule has 0 aliphatic carbocycles. The molecule has 3 aromatic carbocycles. The summed E-state index contributed by atoms with van der Waals surface area (Å²) in [7, 11) is 1.61. The molecule has 0 aliphatic heterocycles. The summed E-state index contributed by atoms with van der Waals surface area (Å²) in [4.78, 5) is 13.4. The Hall–Kier alpha value is -3.58. The smallest absolute Gasteiger partial charge is 0.242 e. The Morgan fingerprint density at radius 3 is 2.42 bits per heavy atom. The molecule has 6 nitrogen and oxygen atoms in total. The minimum Gasteiger partial charge on any atom is -0.497 e. The van der Waals surface area contributed by atoms with Crippen LogP contribution in [0.3, 0.4) is 0 Å². The molecule has 0 spiro atoms. The molecule has 1 unspecified atom stereocenters. The molecule has 7 heteroatoms. The third-order valence-corrected chi connectivity index (χ3v) is 6.45. The van der Waals surface area contributed by atoms with E-state index in [0.717, 1.165) is 23.1 Å². The van der Waals surface area contributed by atoms with E-state index in [-0.39, 0.29) is 5.91 Å². The van der Waals surface area contributed by atoms with Gasteiger partial charge in [-0.3, -0.25) is 4.79 Å². The largest absolute Gasteiger partial charge is 0.497 e.